The van der Waals surface area contributed by atoms with E-state index < -0.39 is 0 Å². The van der Waals surface area contributed by atoms with Gasteiger partial charge < -0.3 is 15.6 Å². The predicted molar refractivity (Wildman–Crippen MR) is 91.6 cm³/mol. The van der Waals surface area contributed by atoms with Crippen LogP contribution >= 0.6 is 0 Å². The van der Waals surface area contributed by atoms with Crippen LogP contribution in [0.5, 0.6) is 0 Å². The summed E-state index contributed by atoms with van der Waals surface area (Å²) in [4.78, 5) is 10.2. The number of hydrogen-bond donors (Lipinski definition) is 3. The number of rotatable bonds is 0. The van der Waals surface area contributed by atoms with Crippen LogP contribution in [0, 0.1) is 0 Å². The lowest BCUT2D eigenvalue weighted by molar-refractivity contribution is 0.520. The topological polar surface area (TPSA) is 65.6 Å². The molecule has 0 saturated carbocycles. The molecule has 0 radical (unpaired) electrons. The molecule has 2 aromatic rings. The summed E-state index contributed by atoms with van der Waals surface area (Å²) >= 11 is 0. The van der Waals surface area contributed by atoms with Crippen molar-refractivity contribution in [3.8, 4) is 0 Å². The molecule has 2 aromatic heterocycles. The molecule has 2 fully saturated rings. The second-order valence-corrected chi connectivity index (χ2v) is 5.05. The highest BCUT2D eigenvalue weighted by molar-refractivity contribution is 4.88. The van der Waals surface area contributed by atoms with Crippen molar-refractivity contribution in [1.29, 1.82) is 0 Å². The van der Waals surface area contributed by atoms with Crippen LogP contribution in [0.1, 0.15) is 32.1 Å². The van der Waals surface area contributed by atoms with Gasteiger partial charge in [-0.3, -0.25) is 4.98 Å². The molecule has 4 heterocycles. The molecule has 3 N–H and O–H groups in total. The first-order chi connectivity index (χ1) is 11.0. The van der Waals surface area contributed by atoms with Gasteiger partial charge in [0.15, 0.2) is 0 Å². The summed E-state index contributed by atoms with van der Waals surface area (Å²) in [6, 6.07) is 5.72. The summed E-state index contributed by atoms with van der Waals surface area (Å²) in [5.41, 5.74) is 0. The number of nitrogens with zero attached hydrogens (tertiary/aromatic N) is 2. The number of pyridine rings is 1. The van der Waals surface area contributed by atoms with Gasteiger partial charge in [-0.25, -0.2) is 4.98 Å². The number of aromatic nitrogens is 3. The van der Waals surface area contributed by atoms with Crippen molar-refractivity contribution < 1.29 is 0 Å². The third kappa shape index (κ3) is 13.3. The van der Waals surface area contributed by atoms with Gasteiger partial charge in [0.25, 0.3) is 0 Å². The fourth-order valence-electron chi connectivity index (χ4n) is 1.95. The highest BCUT2D eigenvalue weighted by Crippen LogP contribution is 1.96. The zero-order chi connectivity index (χ0) is 15.6. The molecular weight excluding hydrogens is 274 g/mol. The maximum absolute atomic E-state index is 3.78. The first-order valence-electron chi connectivity index (χ1n) is 8.19. The highest BCUT2D eigenvalue weighted by atomic mass is 14.9. The number of piperidine rings is 1. The van der Waals surface area contributed by atoms with Crippen LogP contribution in [0.3, 0.4) is 0 Å². The molecule has 0 spiro atoms. The quantitative estimate of drug-likeness (QED) is 0.700. The lowest BCUT2D eigenvalue weighted by atomic mass is 10.2. The van der Waals surface area contributed by atoms with Gasteiger partial charge >= 0.3 is 0 Å². The second-order valence-electron chi connectivity index (χ2n) is 5.05. The minimum atomic E-state index is 1.25. The van der Waals surface area contributed by atoms with Gasteiger partial charge in [0, 0.05) is 24.8 Å². The molecule has 0 amide bonds. The number of imidazole rings is 1. The smallest absolute Gasteiger partial charge is 0.0919 e. The largest absolute Gasteiger partial charge is 0.351 e. The van der Waals surface area contributed by atoms with Crippen LogP contribution in [0.4, 0.5) is 0 Å². The van der Waals surface area contributed by atoms with Gasteiger partial charge in [-0.1, -0.05) is 12.5 Å². The fraction of sp³-hybridized carbons (Fsp3) is 0.529. The van der Waals surface area contributed by atoms with Crippen molar-refractivity contribution in [1.82, 2.24) is 25.6 Å². The third-order valence-corrected chi connectivity index (χ3v) is 3.14. The van der Waals surface area contributed by atoms with Gasteiger partial charge in [-0.05, 0) is 64.0 Å². The lowest BCUT2D eigenvalue weighted by Crippen LogP contribution is -2.21. The Kier molecular flexibility index (Phi) is 13.1. The molecule has 2 saturated heterocycles. The fourth-order valence-corrected chi connectivity index (χ4v) is 1.95. The number of H-pyrrole nitrogens is 1. The standard InChI is InChI=1S/C5H11N.C5H5N.C4H9N.C3H4N2/c2*1-2-4-6-5-3-1;1-2-4-5-3-1;1-2-5-3-4-1/h6H,1-5H2;1-5H;5H,1-4H2;1-3H,(H,4,5). The normalized spacial score (nSPS) is 16.0. The molecule has 0 unspecified atom stereocenters. The van der Waals surface area contributed by atoms with Crippen molar-refractivity contribution in [3.63, 3.8) is 0 Å². The molecule has 0 aliphatic carbocycles. The van der Waals surface area contributed by atoms with Crippen LogP contribution in [-0.4, -0.2) is 41.1 Å². The van der Waals surface area contributed by atoms with Crippen molar-refractivity contribution in [2.45, 2.75) is 32.1 Å². The average Bonchev–Trinajstić information content (AvgIpc) is 3.37. The monoisotopic (exact) mass is 303 g/mol. The van der Waals surface area contributed by atoms with Gasteiger partial charge in [-0.2, -0.15) is 0 Å². The van der Waals surface area contributed by atoms with Crippen LogP contribution in [0.25, 0.3) is 0 Å². The molecule has 5 nitrogen and oxygen atoms in total. The Bertz CT molecular complexity index is 320. The molecular formula is C17H29N5. The van der Waals surface area contributed by atoms with Crippen LogP contribution in [0.15, 0.2) is 49.3 Å². The van der Waals surface area contributed by atoms with Crippen LogP contribution in [0.2, 0.25) is 0 Å². The summed E-state index contributed by atoms with van der Waals surface area (Å²) in [6.45, 7) is 5.00. The first-order valence-corrected chi connectivity index (χ1v) is 8.19. The summed E-state index contributed by atoms with van der Waals surface area (Å²) < 4.78 is 0. The van der Waals surface area contributed by atoms with E-state index in [1.54, 1.807) is 31.1 Å². The maximum atomic E-state index is 3.78. The Hall–Kier alpha value is -1.72. The second kappa shape index (κ2) is 15.7. The molecule has 5 heteroatoms. The zero-order valence-electron chi connectivity index (χ0n) is 13.4. The Morgan fingerprint density at radius 2 is 1.18 bits per heavy atom. The highest BCUT2D eigenvalue weighted by Gasteiger charge is 1.94. The van der Waals surface area contributed by atoms with Gasteiger partial charge in [0.05, 0.1) is 6.33 Å². The van der Waals surface area contributed by atoms with E-state index in [9.17, 15) is 0 Å². The van der Waals surface area contributed by atoms with Gasteiger partial charge in [-0.15, -0.1) is 0 Å². The Morgan fingerprint density at radius 3 is 1.36 bits per heavy atom. The van der Waals surface area contributed by atoms with E-state index in [1.807, 2.05) is 18.2 Å². The first kappa shape index (κ1) is 18.3. The van der Waals surface area contributed by atoms with E-state index in [-0.39, 0.29) is 0 Å². The summed E-state index contributed by atoms with van der Waals surface area (Å²) in [7, 11) is 0. The average molecular weight is 303 g/mol. The van der Waals surface area contributed by atoms with E-state index in [0.29, 0.717) is 0 Å². The Labute approximate surface area is 134 Å². The van der Waals surface area contributed by atoms with E-state index in [4.69, 9.17) is 0 Å². The number of aromatic amines is 1. The number of nitrogens with one attached hydrogen (secondary N) is 3. The molecule has 0 atom stereocenters. The minimum absolute atomic E-state index is 1.25. The van der Waals surface area contributed by atoms with Gasteiger partial charge in [0.2, 0.25) is 0 Å². The SMILES string of the molecule is C1CCNC1.C1CCNCC1.c1c[nH]cn1.c1ccncc1. The number of hydrogen-bond acceptors (Lipinski definition) is 4. The Balaban J connectivity index is 0.000000147. The van der Waals surface area contributed by atoms with E-state index in [2.05, 4.69) is 25.6 Å². The van der Waals surface area contributed by atoms with Crippen molar-refractivity contribution in [2.24, 2.45) is 0 Å². The molecule has 0 bridgehead atoms. The van der Waals surface area contributed by atoms with Crippen LogP contribution in [-0.2, 0) is 0 Å². The van der Waals surface area contributed by atoms with E-state index in [0.717, 1.165) is 0 Å². The molecule has 2 aliphatic rings. The van der Waals surface area contributed by atoms with Crippen molar-refractivity contribution >= 4 is 0 Å². The molecule has 2 aliphatic heterocycles. The lowest BCUT2D eigenvalue weighted by Gasteiger charge is -2.08. The maximum Gasteiger partial charge on any atom is 0.0919 e. The molecule has 4 rings (SSSR count). The Morgan fingerprint density at radius 1 is 0.591 bits per heavy atom. The predicted octanol–water partition coefficient (Wildman–Crippen LogP) is 2.62. The van der Waals surface area contributed by atoms with Crippen molar-refractivity contribution in [3.05, 3.63) is 49.3 Å². The summed E-state index contributed by atoms with van der Waals surface area (Å²) in [5.74, 6) is 0. The van der Waals surface area contributed by atoms with E-state index >= 15 is 0 Å². The molecule has 0 aromatic carbocycles. The minimum Gasteiger partial charge on any atom is -0.351 e. The molecule has 122 valence electrons. The summed E-state index contributed by atoms with van der Waals surface area (Å²) in [6.07, 6.45) is 15.6. The van der Waals surface area contributed by atoms with Crippen LogP contribution < -0.4 is 10.6 Å². The van der Waals surface area contributed by atoms with Gasteiger partial charge in [0.1, 0.15) is 0 Å². The van der Waals surface area contributed by atoms with E-state index in [1.165, 1.54) is 58.3 Å². The third-order valence-electron chi connectivity index (χ3n) is 3.14. The molecule has 22 heavy (non-hydrogen) atoms. The summed E-state index contributed by atoms with van der Waals surface area (Å²) in [5, 5.41) is 6.51. The zero-order valence-corrected chi connectivity index (χ0v) is 13.4. The van der Waals surface area contributed by atoms with Crippen molar-refractivity contribution in [2.75, 3.05) is 26.2 Å².